The van der Waals surface area contributed by atoms with E-state index >= 15 is 0 Å². The van der Waals surface area contributed by atoms with E-state index in [9.17, 15) is 22.8 Å². The van der Waals surface area contributed by atoms with Crippen LogP contribution < -0.4 is 15.4 Å². The normalized spacial score (nSPS) is 12.8. The van der Waals surface area contributed by atoms with Gasteiger partial charge in [0, 0.05) is 12.1 Å². The number of para-hydroxylation sites is 1. The molecule has 0 bridgehead atoms. The van der Waals surface area contributed by atoms with Crippen LogP contribution in [0, 0.1) is 12.8 Å². The molecule has 0 radical (unpaired) electrons. The average molecular weight is 495 g/mol. The Bertz CT molecular complexity index is 958. The van der Waals surface area contributed by atoms with Crippen molar-refractivity contribution >= 4 is 23.4 Å². The zero-order valence-corrected chi connectivity index (χ0v) is 20.1. The Morgan fingerprint density at radius 1 is 1.06 bits per heavy atom. The fraction of sp³-hybridized carbons (Fsp3) is 0.462. The SMILES string of the molecule is CCCCc1cccc(NC(=O)Nc2ccc(C)cc2)c1OCCCC(F)(F)F.O=C(O)C1CC1. The van der Waals surface area contributed by atoms with Crippen molar-refractivity contribution in [1.82, 2.24) is 0 Å². The van der Waals surface area contributed by atoms with Crippen molar-refractivity contribution < 1.29 is 32.6 Å². The quantitative estimate of drug-likeness (QED) is 0.305. The molecule has 35 heavy (non-hydrogen) atoms. The molecule has 3 N–H and O–H groups in total. The highest BCUT2D eigenvalue weighted by Gasteiger charge is 2.28. The summed E-state index contributed by atoms with van der Waals surface area (Å²) in [4.78, 5) is 22.1. The minimum atomic E-state index is -4.21. The molecule has 0 saturated heterocycles. The first-order chi connectivity index (χ1) is 16.6. The Labute approximate surface area is 203 Å². The zero-order valence-electron chi connectivity index (χ0n) is 20.1. The smallest absolute Gasteiger partial charge is 0.389 e. The van der Waals surface area contributed by atoms with Crippen LogP contribution in [-0.2, 0) is 11.2 Å². The number of carboxylic acid groups (broad SMARTS) is 1. The molecule has 0 spiro atoms. The summed E-state index contributed by atoms with van der Waals surface area (Å²) in [6, 6.07) is 12.3. The van der Waals surface area contributed by atoms with E-state index < -0.39 is 24.6 Å². The number of nitrogens with one attached hydrogen (secondary N) is 2. The highest BCUT2D eigenvalue weighted by Crippen LogP contribution is 2.31. The molecule has 192 valence electrons. The lowest BCUT2D eigenvalue weighted by Gasteiger charge is -2.17. The molecule has 2 amide bonds. The highest BCUT2D eigenvalue weighted by molar-refractivity contribution is 6.00. The number of anilines is 2. The molecular formula is C26H33F3N2O4. The number of aryl methyl sites for hydroxylation is 2. The van der Waals surface area contributed by atoms with Gasteiger partial charge >= 0.3 is 18.2 Å². The molecule has 1 aliphatic carbocycles. The van der Waals surface area contributed by atoms with Gasteiger partial charge in [-0.3, -0.25) is 4.79 Å². The van der Waals surface area contributed by atoms with Gasteiger partial charge in [0.05, 0.1) is 18.2 Å². The number of carbonyl (C=O) groups is 2. The minimum Gasteiger partial charge on any atom is -0.491 e. The van der Waals surface area contributed by atoms with Crippen LogP contribution in [0.25, 0.3) is 0 Å². The van der Waals surface area contributed by atoms with Crippen molar-refractivity contribution in [1.29, 1.82) is 0 Å². The number of unbranched alkanes of at least 4 members (excludes halogenated alkanes) is 1. The van der Waals surface area contributed by atoms with Gasteiger partial charge < -0.3 is 20.5 Å². The standard InChI is InChI=1S/C22H27F3N2O2.C4H6O2/c1-3-4-7-17-8-5-9-19(20(17)29-15-6-14-22(23,24)25)27-21(28)26-18-12-10-16(2)11-13-18;5-4(6)3-1-2-3/h5,8-13H,3-4,6-7,14-15H2,1-2H3,(H2,26,27,28);3H,1-2H2,(H,5,6). The average Bonchev–Trinajstić information content (AvgIpc) is 3.63. The van der Waals surface area contributed by atoms with Crippen LogP contribution in [0.4, 0.5) is 29.3 Å². The summed E-state index contributed by atoms with van der Waals surface area (Å²) in [5, 5.41) is 13.5. The van der Waals surface area contributed by atoms with Crippen molar-refractivity contribution in [3.8, 4) is 5.75 Å². The third-order valence-electron chi connectivity index (χ3n) is 5.23. The van der Waals surface area contributed by atoms with Crippen molar-refractivity contribution in [2.75, 3.05) is 17.2 Å². The fourth-order valence-corrected chi connectivity index (χ4v) is 3.12. The Balaban J connectivity index is 0.000000625. The van der Waals surface area contributed by atoms with Crippen molar-refractivity contribution in [3.63, 3.8) is 0 Å². The van der Waals surface area contributed by atoms with Crippen molar-refractivity contribution in [3.05, 3.63) is 53.6 Å². The number of alkyl halides is 3. The maximum Gasteiger partial charge on any atom is 0.389 e. The van der Waals surface area contributed by atoms with E-state index in [-0.39, 0.29) is 18.9 Å². The Kier molecular flexibility index (Phi) is 10.9. The lowest BCUT2D eigenvalue weighted by Crippen LogP contribution is -2.20. The Hall–Kier alpha value is -3.23. The van der Waals surface area contributed by atoms with Gasteiger partial charge in [0.15, 0.2) is 0 Å². The number of hydrogen-bond acceptors (Lipinski definition) is 3. The predicted octanol–water partition coefficient (Wildman–Crippen LogP) is 7.18. The summed E-state index contributed by atoms with van der Waals surface area (Å²) in [5.41, 5.74) is 3.03. The number of hydrogen-bond donors (Lipinski definition) is 3. The molecule has 1 aliphatic rings. The van der Waals surface area contributed by atoms with Crippen molar-refractivity contribution in [2.45, 2.75) is 65.0 Å². The lowest BCUT2D eigenvalue weighted by atomic mass is 10.1. The van der Waals surface area contributed by atoms with Gasteiger partial charge in [-0.25, -0.2) is 4.79 Å². The Morgan fingerprint density at radius 2 is 1.74 bits per heavy atom. The molecule has 1 fully saturated rings. The zero-order chi connectivity index (χ0) is 25.8. The molecule has 0 heterocycles. The summed E-state index contributed by atoms with van der Waals surface area (Å²) < 4.78 is 42.9. The van der Waals surface area contributed by atoms with E-state index in [0.29, 0.717) is 17.1 Å². The number of urea groups is 1. The van der Waals surface area contributed by atoms with E-state index in [1.54, 1.807) is 24.3 Å². The van der Waals surface area contributed by atoms with Gasteiger partial charge in [-0.2, -0.15) is 13.2 Å². The van der Waals surface area contributed by atoms with E-state index in [1.165, 1.54) is 0 Å². The largest absolute Gasteiger partial charge is 0.491 e. The van der Waals surface area contributed by atoms with Gasteiger partial charge in [-0.1, -0.05) is 43.2 Å². The summed E-state index contributed by atoms with van der Waals surface area (Å²) in [6.07, 6.45) is -0.844. The number of ether oxygens (including phenoxy) is 1. The summed E-state index contributed by atoms with van der Waals surface area (Å²) in [5.74, 6) is -0.179. The molecule has 1 saturated carbocycles. The molecule has 2 aromatic carbocycles. The minimum absolute atomic E-state index is 0.0185. The van der Waals surface area contributed by atoms with Crippen LogP contribution in [0.3, 0.4) is 0 Å². The molecule has 2 aromatic rings. The van der Waals surface area contributed by atoms with Crippen LogP contribution in [0.2, 0.25) is 0 Å². The van der Waals surface area contributed by atoms with Crippen molar-refractivity contribution in [2.24, 2.45) is 5.92 Å². The number of amides is 2. The third kappa shape index (κ3) is 11.2. The topological polar surface area (TPSA) is 87.7 Å². The molecule has 9 heteroatoms. The molecule has 0 atom stereocenters. The third-order valence-corrected chi connectivity index (χ3v) is 5.23. The van der Waals surface area contributed by atoms with E-state index in [1.807, 2.05) is 25.1 Å². The van der Waals surface area contributed by atoms with Crippen LogP contribution in [-0.4, -0.2) is 29.9 Å². The number of rotatable bonds is 10. The maximum atomic E-state index is 12.4. The second kappa shape index (κ2) is 13.6. The fourth-order valence-electron chi connectivity index (χ4n) is 3.12. The van der Waals surface area contributed by atoms with Gasteiger partial charge in [0.1, 0.15) is 5.75 Å². The molecular weight excluding hydrogens is 461 g/mol. The summed E-state index contributed by atoms with van der Waals surface area (Å²) >= 11 is 0. The predicted molar refractivity (Wildman–Crippen MR) is 130 cm³/mol. The van der Waals surface area contributed by atoms with Gasteiger partial charge in [0.2, 0.25) is 0 Å². The number of benzene rings is 2. The Morgan fingerprint density at radius 3 is 2.29 bits per heavy atom. The van der Waals surface area contributed by atoms with Gasteiger partial charge in [-0.15, -0.1) is 0 Å². The molecule has 0 aliphatic heterocycles. The highest BCUT2D eigenvalue weighted by atomic mass is 19.4. The molecule has 3 rings (SSSR count). The van der Waals surface area contributed by atoms with Crippen LogP contribution in [0.5, 0.6) is 5.75 Å². The van der Waals surface area contributed by atoms with Gasteiger partial charge in [0.25, 0.3) is 0 Å². The van der Waals surface area contributed by atoms with Crippen LogP contribution in [0.1, 0.15) is 56.6 Å². The summed E-state index contributed by atoms with van der Waals surface area (Å²) in [6.45, 7) is 3.94. The molecule has 0 aromatic heterocycles. The van der Waals surface area contributed by atoms with Crippen LogP contribution >= 0.6 is 0 Å². The molecule has 6 nitrogen and oxygen atoms in total. The second-order valence-corrected chi connectivity index (χ2v) is 8.52. The first kappa shape index (κ1) is 28.0. The number of aliphatic carboxylic acids is 1. The van der Waals surface area contributed by atoms with E-state index in [0.717, 1.165) is 43.2 Å². The lowest BCUT2D eigenvalue weighted by molar-refractivity contribution is -0.138. The summed E-state index contributed by atoms with van der Waals surface area (Å²) in [7, 11) is 0. The first-order valence-corrected chi connectivity index (χ1v) is 11.8. The van der Waals surface area contributed by atoms with Gasteiger partial charge in [-0.05, 0) is 62.8 Å². The van der Waals surface area contributed by atoms with Crippen LogP contribution in [0.15, 0.2) is 42.5 Å². The maximum absolute atomic E-state index is 12.4. The first-order valence-electron chi connectivity index (χ1n) is 11.8. The van der Waals surface area contributed by atoms with E-state index in [4.69, 9.17) is 9.84 Å². The van der Waals surface area contributed by atoms with E-state index in [2.05, 4.69) is 17.6 Å². The second-order valence-electron chi connectivity index (χ2n) is 8.52. The number of carbonyl (C=O) groups excluding carboxylic acids is 1. The molecule has 0 unspecified atom stereocenters. The number of carboxylic acids is 1. The number of halogens is 3. The monoisotopic (exact) mass is 494 g/mol.